The quantitative estimate of drug-likeness (QED) is 0.502. The van der Waals surface area contributed by atoms with Crippen LogP contribution in [-0.2, 0) is 4.79 Å². The number of fused-ring (bicyclic) bond motifs is 3. The molecule has 0 aromatic carbocycles. The van der Waals surface area contributed by atoms with Crippen molar-refractivity contribution in [2.75, 3.05) is 13.1 Å². The topological polar surface area (TPSA) is 32.3 Å². The van der Waals surface area contributed by atoms with Gasteiger partial charge in [0.05, 0.1) is 0 Å². The van der Waals surface area contributed by atoms with Crippen molar-refractivity contribution in [3.63, 3.8) is 0 Å². The third-order valence-corrected chi connectivity index (χ3v) is 2.53. The van der Waals surface area contributed by atoms with E-state index in [9.17, 15) is 4.79 Å². The van der Waals surface area contributed by atoms with E-state index in [-0.39, 0.29) is 0 Å². The zero-order valence-electron chi connectivity index (χ0n) is 5.92. The largest absolute Gasteiger partial charge is 0.339 e. The van der Waals surface area contributed by atoms with Gasteiger partial charge >= 0.3 is 0 Å². The molecule has 3 aliphatic rings. The van der Waals surface area contributed by atoms with E-state index < -0.39 is 0 Å². The van der Waals surface area contributed by atoms with Crippen LogP contribution in [0.2, 0.25) is 0 Å². The molecule has 0 saturated carbocycles. The first-order valence-electron chi connectivity index (χ1n) is 3.84. The molecule has 2 atom stereocenters. The van der Waals surface area contributed by atoms with Crippen LogP contribution >= 0.6 is 0 Å². The molecule has 3 fully saturated rings. The number of nitrogens with one attached hydrogen (secondary N) is 1. The molecule has 2 bridgehead atoms. The average molecular weight is 140 g/mol. The first-order valence-corrected chi connectivity index (χ1v) is 3.84. The highest BCUT2D eigenvalue weighted by Crippen LogP contribution is 2.19. The minimum Gasteiger partial charge on any atom is -0.339 e. The van der Waals surface area contributed by atoms with Gasteiger partial charge in [-0.15, -0.1) is 0 Å². The molecule has 3 nitrogen and oxygen atoms in total. The van der Waals surface area contributed by atoms with E-state index >= 15 is 0 Å². The zero-order valence-corrected chi connectivity index (χ0v) is 5.92. The van der Waals surface area contributed by atoms with E-state index in [1.807, 2.05) is 4.90 Å². The molecule has 0 radical (unpaired) electrons. The number of nitrogens with zero attached hydrogens (tertiary/aromatic N) is 1. The maximum absolute atomic E-state index is 10.4. The van der Waals surface area contributed by atoms with Gasteiger partial charge in [0.15, 0.2) is 0 Å². The monoisotopic (exact) mass is 140 g/mol. The lowest BCUT2D eigenvalue weighted by atomic mass is 9.94. The third-order valence-electron chi connectivity index (χ3n) is 2.53. The fourth-order valence-corrected chi connectivity index (χ4v) is 1.87. The molecule has 1 amide bonds. The summed E-state index contributed by atoms with van der Waals surface area (Å²) in [5, 5.41) is 3.38. The van der Waals surface area contributed by atoms with Crippen LogP contribution in [0.15, 0.2) is 0 Å². The SMILES string of the molecule is O=CN1CC2CCC1CN2. The lowest BCUT2D eigenvalue weighted by Crippen LogP contribution is -2.60. The highest BCUT2D eigenvalue weighted by Gasteiger charge is 2.31. The zero-order chi connectivity index (χ0) is 6.97. The van der Waals surface area contributed by atoms with Crippen molar-refractivity contribution in [2.24, 2.45) is 0 Å². The number of piperazine rings is 1. The highest BCUT2D eigenvalue weighted by atomic mass is 16.1. The van der Waals surface area contributed by atoms with Crippen LogP contribution in [0.1, 0.15) is 12.8 Å². The van der Waals surface area contributed by atoms with Gasteiger partial charge in [0.2, 0.25) is 6.41 Å². The lowest BCUT2D eigenvalue weighted by Gasteiger charge is -2.43. The van der Waals surface area contributed by atoms with Crippen molar-refractivity contribution < 1.29 is 4.79 Å². The van der Waals surface area contributed by atoms with Gasteiger partial charge in [-0.3, -0.25) is 4.79 Å². The second kappa shape index (κ2) is 2.23. The molecule has 1 N–H and O–H groups in total. The van der Waals surface area contributed by atoms with Gasteiger partial charge in [0.1, 0.15) is 0 Å². The Kier molecular flexibility index (Phi) is 1.38. The Hall–Kier alpha value is -0.570. The summed E-state index contributed by atoms with van der Waals surface area (Å²) in [6.45, 7) is 1.93. The Balaban J connectivity index is 2.07. The summed E-state index contributed by atoms with van der Waals surface area (Å²) in [7, 11) is 0. The van der Waals surface area contributed by atoms with Crippen LogP contribution in [0.5, 0.6) is 0 Å². The van der Waals surface area contributed by atoms with E-state index in [4.69, 9.17) is 0 Å². The van der Waals surface area contributed by atoms with Crippen LogP contribution < -0.4 is 5.32 Å². The summed E-state index contributed by atoms with van der Waals surface area (Å²) in [5.74, 6) is 0. The smallest absolute Gasteiger partial charge is 0.210 e. The summed E-state index contributed by atoms with van der Waals surface area (Å²) < 4.78 is 0. The summed E-state index contributed by atoms with van der Waals surface area (Å²) in [6, 6.07) is 1.07. The maximum Gasteiger partial charge on any atom is 0.210 e. The molecule has 3 heterocycles. The molecular formula is C7H12N2O. The molecule has 3 heteroatoms. The van der Waals surface area contributed by atoms with Gasteiger partial charge in [-0.2, -0.15) is 0 Å². The molecule has 2 unspecified atom stereocenters. The summed E-state index contributed by atoms with van der Waals surface area (Å²) in [5.41, 5.74) is 0. The molecule has 3 rings (SSSR count). The Bertz CT molecular complexity index is 141. The number of rotatable bonds is 1. The molecule has 3 saturated heterocycles. The van der Waals surface area contributed by atoms with Crippen molar-refractivity contribution in [3.8, 4) is 0 Å². The Morgan fingerprint density at radius 2 is 2.40 bits per heavy atom. The van der Waals surface area contributed by atoms with Gasteiger partial charge in [-0.25, -0.2) is 0 Å². The van der Waals surface area contributed by atoms with Gasteiger partial charge < -0.3 is 10.2 Å². The minimum atomic E-state index is 0.488. The van der Waals surface area contributed by atoms with Gasteiger partial charge in [0.25, 0.3) is 0 Å². The number of piperidine rings is 2. The number of carbonyl (C=O) groups excluding carboxylic acids is 1. The summed E-state index contributed by atoms with van der Waals surface area (Å²) in [6.07, 6.45) is 3.42. The average Bonchev–Trinajstić information content (AvgIpc) is 2.06. The predicted octanol–water partition coefficient (Wildman–Crippen LogP) is -0.421. The lowest BCUT2D eigenvalue weighted by molar-refractivity contribution is -0.123. The first-order chi connectivity index (χ1) is 4.90. The van der Waals surface area contributed by atoms with Crippen LogP contribution in [0, 0.1) is 0 Å². The molecule has 0 spiro atoms. The van der Waals surface area contributed by atoms with Crippen LogP contribution in [0.4, 0.5) is 0 Å². The maximum atomic E-state index is 10.4. The van der Waals surface area contributed by atoms with Crippen molar-refractivity contribution >= 4 is 6.41 Å². The van der Waals surface area contributed by atoms with Crippen molar-refractivity contribution in [1.82, 2.24) is 10.2 Å². The Labute approximate surface area is 60.4 Å². The number of hydrogen-bond acceptors (Lipinski definition) is 2. The standard InChI is InChI=1S/C7H12N2O/c10-5-9-4-6-1-2-7(9)3-8-6/h5-8H,1-4H2. The third kappa shape index (κ3) is 0.814. The van der Waals surface area contributed by atoms with Crippen LogP contribution in [-0.4, -0.2) is 36.5 Å². The van der Waals surface area contributed by atoms with E-state index in [2.05, 4.69) is 5.32 Å². The second-order valence-electron chi connectivity index (χ2n) is 3.14. The fourth-order valence-electron chi connectivity index (χ4n) is 1.87. The molecule has 10 heavy (non-hydrogen) atoms. The van der Waals surface area contributed by atoms with E-state index in [0.717, 1.165) is 19.5 Å². The van der Waals surface area contributed by atoms with Gasteiger partial charge in [-0.05, 0) is 12.8 Å². The second-order valence-corrected chi connectivity index (χ2v) is 3.14. The number of hydrogen-bond donors (Lipinski definition) is 1. The molecular weight excluding hydrogens is 128 g/mol. The van der Waals surface area contributed by atoms with Gasteiger partial charge in [-0.1, -0.05) is 0 Å². The van der Waals surface area contributed by atoms with Crippen molar-refractivity contribution in [3.05, 3.63) is 0 Å². The van der Waals surface area contributed by atoms with Gasteiger partial charge in [0, 0.05) is 25.2 Å². The Morgan fingerprint density at radius 3 is 2.70 bits per heavy atom. The van der Waals surface area contributed by atoms with Crippen molar-refractivity contribution in [2.45, 2.75) is 24.9 Å². The van der Waals surface area contributed by atoms with Crippen LogP contribution in [0.25, 0.3) is 0 Å². The molecule has 0 aromatic rings. The summed E-state index contributed by atoms with van der Waals surface area (Å²) in [4.78, 5) is 12.4. The van der Waals surface area contributed by atoms with E-state index in [1.54, 1.807) is 0 Å². The van der Waals surface area contributed by atoms with Crippen LogP contribution in [0.3, 0.4) is 0 Å². The fraction of sp³-hybridized carbons (Fsp3) is 0.857. The molecule has 56 valence electrons. The Morgan fingerprint density at radius 1 is 1.50 bits per heavy atom. The highest BCUT2D eigenvalue weighted by molar-refractivity contribution is 5.48. The normalized spacial score (nSPS) is 38.2. The molecule has 3 aliphatic heterocycles. The molecule has 0 aliphatic carbocycles. The number of carbonyl (C=O) groups is 1. The minimum absolute atomic E-state index is 0.488. The van der Waals surface area contributed by atoms with E-state index in [0.29, 0.717) is 12.1 Å². The first kappa shape index (κ1) is 6.16. The van der Waals surface area contributed by atoms with E-state index in [1.165, 1.54) is 12.8 Å². The van der Waals surface area contributed by atoms with Crippen molar-refractivity contribution in [1.29, 1.82) is 0 Å². The predicted molar refractivity (Wildman–Crippen MR) is 37.6 cm³/mol. The summed E-state index contributed by atoms with van der Waals surface area (Å²) >= 11 is 0. The number of amides is 1. The molecule has 0 aromatic heterocycles.